The summed E-state index contributed by atoms with van der Waals surface area (Å²) < 4.78 is 5.09. The number of nitro groups is 1. The third kappa shape index (κ3) is 6.24. The summed E-state index contributed by atoms with van der Waals surface area (Å²) in [6.45, 7) is 0.405. The number of amidine groups is 1. The Kier molecular flexibility index (Phi) is 7.96. The summed E-state index contributed by atoms with van der Waals surface area (Å²) in [7, 11) is 0. The second-order valence-corrected chi connectivity index (χ2v) is 9.27. The molecule has 10 nitrogen and oxygen atoms in total. The number of amides is 1. The molecule has 3 aromatic carbocycles. The number of benzene rings is 3. The van der Waals surface area contributed by atoms with Crippen LogP contribution in [0.15, 0.2) is 100 Å². The molecule has 0 fully saturated rings. The zero-order valence-corrected chi connectivity index (χ0v) is 21.6. The van der Waals surface area contributed by atoms with Gasteiger partial charge in [0.25, 0.3) is 5.91 Å². The van der Waals surface area contributed by atoms with Gasteiger partial charge in [-0.2, -0.15) is 0 Å². The van der Waals surface area contributed by atoms with E-state index >= 15 is 0 Å². The second-order valence-electron chi connectivity index (χ2n) is 9.27. The number of H-pyrrole nitrogens is 1. The summed E-state index contributed by atoms with van der Waals surface area (Å²) in [4.78, 5) is 35.7. The van der Waals surface area contributed by atoms with Crippen LogP contribution in [0.4, 0.5) is 5.88 Å². The summed E-state index contributed by atoms with van der Waals surface area (Å²) >= 11 is 0. The first kappa shape index (κ1) is 26.4. The van der Waals surface area contributed by atoms with Crippen molar-refractivity contribution in [1.82, 2.24) is 15.3 Å². The van der Waals surface area contributed by atoms with E-state index in [2.05, 4.69) is 15.3 Å². The van der Waals surface area contributed by atoms with Gasteiger partial charge in [0.1, 0.15) is 10.7 Å². The van der Waals surface area contributed by atoms with Gasteiger partial charge in [-0.1, -0.05) is 54.6 Å². The van der Waals surface area contributed by atoms with E-state index in [1.165, 1.54) is 12.1 Å². The monoisotopic (exact) mass is 536 g/mol. The van der Waals surface area contributed by atoms with Gasteiger partial charge in [0, 0.05) is 12.1 Å². The maximum Gasteiger partial charge on any atom is 0.433 e. The lowest BCUT2D eigenvalue weighted by atomic mass is 10.0. The summed E-state index contributed by atoms with van der Waals surface area (Å²) in [6.07, 6.45) is 2.03. The summed E-state index contributed by atoms with van der Waals surface area (Å²) in [6, 6.07) is 27.6. The number of hydrogen-bond donors (Lipinski definition) is 3. The molecule has 0 aliphatic heterocycles. The lowest BCUT2D eigenvalue weighted by molar-refractivity contribution is -0.402. The van der Waals surface area contributed by atoms with Crippen LogP contribution in [-0.4, -0.2) is 33.2 Å². The number of unbranched alkanes of at least 4 members (excludes halogenated alkanes) is 1. The van der Waals surface area contributed by atoms with Gasteiger partial charge in [0.05, 0.1) is 23.1 Å². The van der Waals surface area contributed by atoms with Crippen LogP contribution in [0.1, 0.15) is 47.2 Å². The fraction of sp³-hybridized carbons (Fsp3) is 0.167. The topological polar surface area (TPSA) is 152 Å². The highest BCUT2D eigenvalue weighted by molar-refractivity contribution is 5.95. The van der Waals surface area contributed by atoms with Gasteiger partial charge in [-0.15, -0.1) is 0 Å². The number of nitrogens with two attached hydrogens (primary N) is 1. The van der Waals surface area contributed by atoms with Gasteiger partial charge in [-0.05, 0) is 60.7 Å². The highest BCUT2D eigenvalue weighted by Gasteiger charge is 2.19. The Morgan fingerprint density at radius 2 is 1.70 bits per heavy atom. The molecule has 0 saturated heterocycles. The van der Waals surface area contributed by atoms with Crippen LogP contribution >= 0.6 is 0 Å². The summed E-state index contributed by atoms with van der Waals surface area (Å²) in [5.41, 5.74) is 10.3. The predicted molar refractivity (Wildman–Crippen MR) is 153 cm³/mol. The first-order chi connectivity index (χ1) is 19.5. The number of nitrogens with one attached hydrogen (secondary N) is 2. The Balaban J connectivity index is 1.24. The standard InChI is InChI=1S/C30H28N6O4/c31-28(26-17-18-27(40-26)36(38)39)32-19-7-6-12-25(29-33-23-10-4-5-11-24(23)34-29)35-30(37)22-15-13-21(14-16-22)20-8-2-1-3-9-20/h1-5,8-11,13-18,25H,6-7,12,19H2,(H2,31,32)(H,33,34)(H,35,37). The third-order valence-electron chi connectivity index (χ3n) is 6.50. The lowest BCUT2D eigenvalue weighted by Gasteiger charge is -2.17. The van der Waals surface area contributed by atoms with Gasteiger partial charge < -0.3 is 20.5 Å². The molecule has 10 heteroatoms. The summed E-state index contributed by atoms with van der Waals surface area (Å²) in [5.74, 6) is 0.381. The number of aromatic amines is 1. The van der Waals surface area contributed by atoms with Crippen LogP contribution in [0.5, 0.6) is 0 Å². The number of rotatable bonds is 11. The SMILES string of the molecule is NC(=NCCCCC(NC(=O)c1ccc(-c2ccccc2)cc1)c1nc2ccccc2[nH]1)c1ccc([N+](=O)[O-])o1. The molecular formula is C30H28N6O4. The Morgan fingerprint density at radius 1 is 0.975 bits per heavy atom. The average Bonchev–Trinajstić information content (AvgIpc) is 3.65. The number of imidazole rings is 1. The van der Waals surface area contributed by atoms with Crippen LogP contribution in [-0.2, 0) is 0 Å². The van der Waals surface area contributed by atoms with Crippen molar-refractivity contribution in [3.63, 3.8) is 0 Å². The van der Waals surface area contributed by atoms with Gasteiger partial charge in [0.2, 0.25) is 0 Å². The van der Waals surface area contributed by atoms with Gasteiger partial charge in [0.15, 0.2) is 11.6 Å². The normalized spacial score (nSPS) is 12.3. The highest BCUT2D eigenvalue weighted by atomic mass is 16.6. The Hall–Kier alpha value is -5.25. The molecule has 2 heterocycles. The molecular weight excluding hydrogens is 508 g/mol. The van der Waals surface area contributed by atoms with Crippen molar-refractivity contribution < 1.29 is 14.1 Å². The average molecular weight is 537 g/mol. The Morgan fingerprint density at radius 3 is 2.42 bits per heavy atom. The number of carbonyl (C=O) groups is 1. The minimum Gasteiger partial charge on any atom is -0.397 e. The number of nitrogens with zero attached hydrogens (tertiary/aromatic N) is 3. The molecule has 40 heavy (non-hydrogen) atoms. The van der Waals surface area contributed by atoms with E-state index in [0.29, 0.717) is 30.8 Å². The molecule has 0 aliphatic rings. The minimum atomic E-state index is -0.624. The quantitative estimate of drug-likeness (QED) is 0.0640. The zero-order valence-electron chi connectivity index (χ0n) is 21.6. The fourth-order valence-electron chi connectivity index (χ4n) is 4.40. The zero-order chi connectivity index (χ0) is 27.9. The number of furan rings is 1. The molecule has 5 rings (SSSR count). The molecule has 4 N–H and O–H groups in total. The number of carbonyl (C=O) groups excluding carboxylic acids is 1. The van der Waals surface area contributed by atoms with E-state index in [-0.39, 0.29) is 29.4 Å². The molecule has 0 aliphatic carbocycles. The van der Waals surface area contributed by atoms with Crippen molar-refractivity contribution in [3.8, 4) is 11.1 Å². The number of aromatic nitrogens is 2. The van der Waals surface area contributed by atoms with Crippen molar-refractivity contribution >= 4 is 28.7 Å². The van der Waals surface area contributed by atoms with Gasteiger partial charge >= 0.3 is 5.88 Å². The molecule has 0 radical (unpaired) electrons. The van der Waals surface area contributed by atoms with Crippen LogP contribution in [0.25, 0.3) is 22.2 Å². The fourth-order valence-corrected chi connectivity index (χ4v) is 4.40. The minimum absolute atomic E-state index is 0.106. The van der Waals surface area contributed by atoms with E-state index in [1.807, 2.05) is 78.9 Å². The molecule has 2 aromatic heterocycles. The molecule has 1 unspecified atom stereocenters. The predicted octanol–water partition coefficient (Wildman–Crippen LogP) is 5.78. The van der Waals surface area contributed by atoms with Crippen LogP contribution in [0.3, 0.4) is 0 Å². The molecule has 202 valence electrons. The van der Waals surface area contributed by atoms with Crippen molar-refractivity contribution in [1.29, 1.82) is 0 Å². The van der Waals surface area contributed by atoms with Crippen molar-refractivity contribution in [2.75, 3.05) is 6.54 Å². The van der Waals surface area contributed by atoms with Crippen molar-refractivity contribution in [2.45, 2.75) is 25.3 Å². The van der Waals surface area contributed by atoms with Crippen LogP contribution in [0.2, 0.25) is 0 Å². The van der Waals surface area contributed by atoms with E-state index in [0.717, 1.165) is 28.6 Å². The van der Waals surface area contributed by atoms with Crippen molar-refractivity contribution in [2.24, 2.45) is 10.7 Å². The van der Waals surface area contributed by atoms with Gasteiger partial charge in [-0.3, -0.25) is 19.9 Å². The van der Waals surface area contributed by atoms with Crippen molar-refractivity contribution in [3.05, 3.63) is 118 Å². The number of aliphatic imine (C=N–C) groups is 1. The largest absolute Gasteiger partial charge is 0.433 e. The van der Waals surface area contributed by atoms with E-state index in [4.69, 9.17) is 15.1 Å². The highest BCUT2D eigenvalue weighted by Crippen LogP contribution is 2.23. The summed E-state index contributed by atoms with van der Waals surface area (Å²) in [5, 5.41) is 13.9. The third-order valence-corrected chi connectivity index (χ3v) is 6.50. The second kappa shape index (κ2) is 12.1. The number of fused-ring (bicyclic) bond motifs is 1. The maximum atomic E-state index is 13.2. The molecule has 1 atom stereocenters. The lowest BCUT2D eigenvalue weighted by Crippen LogP contribution is -2.29. The van der Waals surface area contributed by atoms with Crippen LogP contribution in [0, 0.1) is 10.1 Å². The Labute approximate surface area is 230 Å². The van der Waals surface area contributed by atoms with E-state index in [1.54, 1.807) is 0 Å². The molecule has 0 saturated carbocycles. The molecule has 0 bridgehead atoms. The molecule has 5 aromatic rings. The van der Waals surface area contributed by atoms with E-state index < -0.39 is 4.92 Å². The van der Waals surface area contributed by atoms with Crippen LogP contribution < -0.4 is 11.1 Å². The number of hydrogen-bond acceptors (Lipinski definition) is 6. The molecule has 1 amide bonds. The Bertz CT molecular complexity index is 1610. The first-order valence-electron chi connectivity index (χ1n) is 12.9. The number of para-hydroxylation sites is 2. The maximum absolute atomic E-state index is 13.2. The van der Waals surface area contributed by atoms with E-state index in [9.17, 15) is 14.9 Å². The first-order valence-corrected chi connectivity index (χ1v) is 12.9. The van der Waals surface area contributed by atoms with Gasteiger partial charge in [-0.25, -0.2) is 4.98 Å². The molecule has 0 spiro atoms. The smallest absolute Gasteiger partial charge is 0.397 e.